The molecule has 0 aromatic carbocycles. The van der Waals surface area contributed by atoms with Crippen molar-refractivity contribution in [3.63, 3.8) is 0 Å². The van der Waals surface area contributed by atoms with Crippen molar-refractivity contribution < 1.29 is 0 Å². The molecule has 20 heavy (non-hydrogen) atoms. The number of halogens is 3. The summed E-state index contributed by atoms with van der Waals surface area (Å²) in [6, 6.07) is 2.71. The summed E-state index contributed by atoms with van der Waals surface area (Å²) in [6.07, 6.45) is 5.06. The third kappa shape index (κ3) is 5.86. The predicted molar refractivity (Wildman–Crippen MR) is 93.1 cm³/mol. The standard InChI is InChI=1S/C14H22BrN3.2ClH/c1-11(2)7-14(18-5-3-16-4-6-18)12-8-13(15)10-17-9-12;;/h8-11,14,16H,3-7H2,1-2H3;2*1H/t14-;;/m0../s1. The molecular weight excluding hydrogens is 361 g/mol. The van der Waals surface area contributed by atoms with E-state index in [0.29, 0.717) is 12.0 Å². The first-order valence-electron chi connectivity index (χ1n) is 6.72. The maximum Gasteiger partial charge on any atom is 0.0410 e. The lowest BCUT2D eigenvalue weighted by atomic mass is 9.96. The number of nitrogens with zero attached hydrogens (tertiary/aromatic N) is 2. The molecule has 0 saturated carbocycles. The molecule has 2 rings (SSSR count). The van der Waals surface area contributed by atoms with E-state index in [1.165, 1.54) is 12.0 Å². The number of piperazine rings is 1. The fourth-order valence-electron chi connectivity index (χ4n) is 2.55. The second-order valence-corrected chi connectivity index (χ2v) is 6.28. The maximum atomic E-state index is 4.32. The van der Waals surface area contributed by atoms with Crippen LogP contribution in [0.1, 0.15) is 31.9 Å². The zero-order valence-electron chi connectivity index (χ0n) is 12.0. The van der Waals surface area contributed by atoms with Crippen molar-refractivity contribution in [2.24, 2.45) is 5.92 Å². The first kappa shape index (κ1) is 20.1. The van der Waals surface area contributed by atoms with Crippen LogP contribution in [0, 0.1) is 5.92 Å². The van der Waals surface area contributed by atoms with Crippen LogP contribution in [0.4, 0.5) is 0 Å². The molecule has 6 heteroatoms. The Morgan fingerprint density at radius 1 is 1.25 bits per heavy atom. The lowest BCUT2D eigenvalue weighted by molar-refractivity contribution is 0.154. The minimum Gasteiger partial charge on any atom is -0.314 e. The molecule has 0 spiro atoms. The molecule has 1 N–H and O–H groups in total. The normalized spacial score (nSPS) is 17.2. The Kier molecular flexibility index (Phi) is 10.0. The van der Waals surface area contributed by atoms with Gasteiger partial charge in [-0.3, -0.25) is 9.88 Å². The van der Waals surface area contributed by atoms with Crippen molar-refractivity contribution in [1.29, 1.82) is 0 Å². The number of rotatable bonds is 4. The molecule has 3 nitrogen and oxygen atoms in total. The zero-order valence-corrected chi connectivity index (χ0v) is 15.2. The molecule has 2 heterocycles. The van der Waals surface area contributed by atoms with Gasteiger partial charge in [-0.15, -0.1) is 24.8 Å². The molecule has 1 aromatic rings. The van der Waals surface area contributed by atoms with Crippen LogP contribution in [0.25, 0.3) is 0 Å². The average molecular weight is 385 g/mol. The minimum atomic E-state index is 0. The molecule has 1 saturated heterocycles. The highest BCUT2D eigenvalue weighted by Gasteiger charge is 2.23. The highest BCUT2D eigenvalue weighted by Crippen LogP contribution is 2.29. The Labute approximate surface area is 142 Å². The molecule has 0 unspecified atom stereocenters. The van der Waals surface area contributed by atoms with Gasteiger partial charge >= 0.3 is 0 Å². The van der Waals surface area contributed by atoms with Crippen LogP contribution in [0.15, 0.2) is 22.9 Å². The van der Waals surface area contributed by atoms with E-state index in [1.54, 1.807) is 0 Å². The van der Waals surface area contributed by atoms with Crippen LogP contribution in [-0.4, -0.2) is 36.1 Å². The van der Waals surface area contributed by atoms with Gasteiger partial charge < -0.3 is 5.32 Å². The van der Waals surface area contributed by atoms with Gasteiger partial charge in [-0.05, 0) is 39.9 Å². The highest BCUT2D eigenvalue weighted by atomic mass is 79.9. The van der Waals surface area contributed by atoms with Crippen molar-refractivity contribution in [2.75, 3.05) is 26.2 Å². The Hall–Kier alpha value is 0.130. The van der Waals surface area contributed by atoms with Gasteiger partial charge in [0.15, 0.2) is 0 Å². The summed E-state index contributed by atoms with van der Waals surface area (Å²) < 4.78 is 1.07. The van der Waals surface area contributed by atoms with Crippen LogP contribution in [-0.2, 0) is 0 Å². The van der Waals surface area contributed by atoms with Gasteiger partial charge in [-0.1, -0.05) is 13.8 Å². The average Bonchev–Trinajstić information content (AvgIpc) is 2.37. The lowest BCUT2D eigenvalue weighted by Crippen LogP contribution is -2.45. The summed E-state index contributed by atoms with van der Waals surface area (Å²) in [5.74, 6) is 0.698. The molecule has 0 bridgehead atoms. The molecular formula is C14H24BrCl2N3. The number of aromatic nitrogens is 1. The van der Waals surface area contributed by atoms with E-state index in [1.807, 2.05) is 12.4 Å². The third-order valence-electron chi connectivity index (χ3n) is 3.40. The zero-order chi connectivity index (χ0) is 13.0. The second kappa shape index (κ2) is 9.96. The molecule has 0 aliphatic carbocycles. The van der Waals surface area contributed by atoms with E-state index in [9.17, 15) is 0 Å². The van der Waals surface area contributed by atoms with Crippen LogP contribution in [0.2, 0.25) is 0 Å². The van der Waals surface area contributed by atoms with Gasteiger partial charge in [0.05, 0.1) is 0 Å². The SMILES string of the molecule is CC(C)C[C@@H](c1cncc(Br)c1)N1CCNCC1.Cl.Cl. The molecule has 0 amide bonds. The van der Waals surface area contributed by atoms with E-state index in [-0.39, 0.29) is 24.8 Å². The molecule has 1 atom stereocenters. The van der Waals surface area contributed by atoms with Crippen LogP contribution >= 0.6 is 40.7 Å². The smallest absolute Gasteiger partial charge is 0.0410 e. The van der Waals surface area contributed by atoms with Gasteiger partial charge in [-0.25, -0.2) is 0 Å². The quantitative estimate of drug-likeness (QED) is 0.857. The fraction of sp³-hybridized carbons (Fsp3) is 0.643. The van der Waals surface area contributed by atoms with Gasteiger partial charge in [0.25, 0.3) is 0 Å². The first-order chi connectivity index (χ1) is 8.66. The summed E-state index contributed by atoms with van der Waals surface area (Å²) >= 11 is 3.53. The molecule has 1 aromatic heterocycles. The van der Waals surface area contributed by atoms with Crippen molar-refractivity contribution in [3.8, 4) is 0 Å². The predicted octanol–water partition coefficient (Wildman–Crippen LogP) is 3.68. The van der Waals surface area contributed by atoms with E-state index in [0.717, 1.165) is 30.7 Å². The van der Waals surface area contributed by atoms with Crippen molar-refractivity contribution in [3.05, 3.63) is 28.5 Å². The van der Waals surface area contributed by atoms with Gasteiger partial charge in [0, 0.05) is 49.1 Å². The van der Waals surface area contributed by atoms with Gasteiger partial charge in [0.2, 0.25) is 0 Å². The van der Waals surface area contributed by atoms with E-state index >= 15 is 0 Å². The molecule has 1 aliphatic rings. The lowest BCUT2D eigenvalue weighted by Gasteiger charge is -2.36. The Bertz CT molecular complexity index is 384. The monoisotopic (exact) mass is 383 g/mol. The van der Waals surface area contributed by atoms with E-state index in [2.05, 4.69) is 51.0 Å². The largest absolute Gasteiger partial charge is 0.314 e. The summed E-state index contributed by atoms with van der Waals surface area (Å²) in [4.78, 5) is 6.90. The number of nitrogens with one attached hydrogen (secondary N) is 1. The number of hydrogen-bond donors (Lipinski definition) is 1. The maximum absolute atomic E-state index is 4.32. The summed E-state index contributed by atoms with van der Waals surface area (Å²) in [5.41, 5.74) is 1.33. The molecule has 1 aliphatic heterocycles. The van der Waals surface area contributed by atoms with Gasteiger partial charge in [-0.2, -0.15) is 0 Å². The Balaban J connectivity index is 0.00000180. The Morgan fingerprint density at radius 2 is 1.90 bits per heavy atom. The molecule has 0 radical (unpaired) electrons. The van der Waals surface area contributed by atoms with Gasteiger partial charge in [0.1, 0.15) is 0 Å². The van der Waals surface area contributed by atoms with Crippen LogP contribution in [0.5, 0.6) is 0 Å². The molecule has 1 fully saturated rings. The van der Waals surface area contributed by atoms with Crippen molar-refractivity contribution in [1.82, 2.24) is 15.2 Å². The topological polar surface area (TPSA) is 28.2 Å². The summed E-state index contributed by atoms with van der Waals surface area (Å²) in [7, 11) is 0. The summed E-state index contributed by atoms with van der Waals surface area (Å²) in [6.45, 7) is 9.03. The molecule has 116 valence electrons. The van der Waals surface area contributed by atoms with Crippen molar-refractivity contribution in [2.45, 2.75) is 26.3 Å². The fourth-order valence-corrected chi connectivity index (χ4v) is 2.93. The van der Waals surface area contributed by atoms with Crippen LogP contribution in [0.3, 0.4) is 0 Å². The minimum absolute atomic E-state index is 0. The Morgan fingerprint density at radius 3 is 2.45 bits per heavy atom. The van der Waals surface area contributed by atoms with Crippen LogP contribution < -0.4 is 5.32 Å². The number of pyridine rings is 1. The van der Waals surface area contributed by atoms with Crippen molar-refractivity contribution >= 4 is 40.7 Å². The number of hydrogen-bond acceptors (Lipinski definition) is 3. The first-order valence-corrected chi connectivity index (χ1v) is 7.51. The van der Waals surface area contributed by atoms with E-state index in [4.69, 9.17) is 0 Å². The summed E-state index contributed by atoms with van der Waals surface area (Å²) in [5, 5.41) is 3.42. The van der Waals surface area contributed by atoms with E-state index < -0.39 is 0 Å². The second-order valence-electron chi connectivity index (χ2n) is 5.37. The highest BCUT2D eigenvalue weighted by molar-refractivity contribution is 9.10. The third-order valence-corrected chi connectivity index (χ3v) is 3.83.